The van der Waals surface area contributed by atoms with Gasteiger partial charge < -0.3 is 15.0 Å². The Morgan fingerprint density at radius 3 is 2.45 bits per heavy atom. The zero-order valence-corrected chi connectivity index (χ0v) is 24.5. The van der Waals surface area contributed by atoms with Crippen molar-refractivity contribution in [3.8, 4) is 0 Å². The Balaban J connectivity index is 1.16. The predicted octanol–water partition coefficient (Wildman–Crippen LogP) is 6.34. The number of anilines is 1. The average Bonchev–Trinajstić information content (AvgIpc) is 2.88. The minimum atomic E-state index is -0.121. The highest BCUT2D eigenvalue weighted by molar-refractivity contribution is 6.18. The molecule has 1 aliphatic heterocycles. The summed E-state index contributed by atoms with van der Waals surface area (Å²) < 4.78 is 6.06. The lowest BCUT2D eigenvalue weighted by Gasteiger charge is -2.62. The number of hydrogen-bond acceptors (Lipinski definition) is 4. The van der Waals surface area contributed by atoms with Crippen molar-refractivity contribution < 1.29 is 14.3 Å². The number of carbonyl (C=O) groups is 2. The largest absolute Gasteiger partial charge is 0.462 e. The zero-order chi connectivity index (χ0) is 26.9. The molecule has 5 nitrogen and oxygen atoms in total. The van der Waals surface area contributed by atoms with E-state index in [1.54, 1.807) is 0 Å². The van der Waals surface area contributed by atoms with Gasteiger partial charge in [-0.1, -0.05) is 19.1 Å². The maximum Gasteiger partial charge on any atom is 0.310 e. The summed E-state index contributed by atoms with van der Waals surface area (Å²) in [6, 6.07) is 8.10. The topological polar surface area (TPSA) is 58.6 Å². The summed E-state index contributed by atoms with van der Waals surface area (Å²) in [4.78, 5) is 27.2. The van der Waals surface area contributed by atoms with Crippen molar-refractivity contribution in [3.05, 3.63) is 29.8 Å². The van der Waals surface area contributed by atoms with Gasteiger partial charge in [0.2, 0.25) is 5.91 Å². The Hall–Kier alpha value is -1.46. The predicted molar refractivity (Wildman–Crippen MR) is 154 cm³/mol. The van der Waals surface area contributed by atoms with Crippen LogP contribution in [0.5, 0.6) is 0 Å². The van der Waals surface area contributed by atoms with Gasteiger partial charge in [-0.3, -0.25) is 9.59 Å². The highest BCUT2D eigenvalue weighted by Crippen LogP contribution is 2.62. The molecule has 1 N–H and O–H groups in total. The number of alkyl halides is 2. The molecule has 1 aromatic rings. The number of nitrogens with one attached hydrogen (secondary N) is 1. The molecular formula is C31H44Cl2N2O3. The van der Waals surface area contributed by atoms with Gasteiger partial charge in [-0.25, -0.2) is 0 Å². The lowest BCUT2D eigenvalue weighted by Crippen LogP contribution is -2.63. The molecule has 210 valence electrons. The molecular weight excluding hydrogens is 519 g/mol. The first kappa shape index (κ1) is 28.1. The second-order valence-electron chi connectivity index (χ2n) is 12.8. The van der Waals surface area contributed by atoms with Crippen molar-refractivity contribution in [2.45, 2.75) is 89.7 Å². The van der Waals surface area contributed by atoms with Crippen molar-refractivity contribution in [2.75, 3.05) is 29.7 Å². The van der Waals surface area contributed by atoms with Gasteiger partial charge in [0.15, 0.2) is 0 Å². The van der Waals surface area contributed by atoms with Gasteiger partial charge in [0.05, 0.1) is 6.42 Å². The number of piperidine rings is 1. The van der Waals surface area contributed by atoms with Gasteiger partial charge in [-0.05, 0) is 105 Å². The first-order valence-corrected chi connectivity index (χ1v) is 15.8. The molecule has 38 heavy (non-hydrogen) atoms. The van der Waals surface area contributed by atoms with Crippen LogP contribution in [0.3, 0.4) is 0 Å². The monoisotopic (exact) mass is 562 g/mol. The molecule has 0 bridgehead atoms. The molecule has 7 heteroatoms. The van der Waals surface area contributed by atoms with Crippen LogP contribution in [0.1, 0.15) is 77.2 Å². The first-order chi connectivity index (χ1) is 18.3. The second-order valence-corrected chi connectivity index (χ2v) is 13.6. The number of nitrogens with zero attached hydrogens (tertiary/aromatic N) is 1. The summed E-state index contributed by atoms with van der Waals surface area (Å²) in [6.07, 6.45) is 9.93. The standard InChI is InChI=1S/C31H44Cl2N2O3/c1-30-13-11-24(38-29(37)19-21-3-6-23(7-4-21)35(17-15-32)18-16-33)20-22(30)5-8-25-26(30)12-14-31(2)27(25)9-10-28(36)34-31/h3-4,6-7,22,24-27H,5,8-20H2,1-2H3,(H,34,36)/t22-,24+,25+,26-,27+,30+,31+/m0/s1. The van der Waals surface area contributed by atoms with E-state index in [1.807, 2.05) is 24.3 Å². The number of amides is 1. The van der Waals surface area contributed by atoms with E-state index in [-0.39, 0.29) is 23.5 Å². The average molecular weight is 564 g/mol. The Bertz CT molecular complexity index is 997. The summed E-state index contributed by atoms with van der Waals surface area (Å²) in [7, 11) is 0. The third-order valence-electron chi connectivity index (χ3n) is 10.8. The minimum absolute atomic E-state index is 0.0167. The molecule has 4 fully saturated rings. The lowest BCUT2D eigenvalue weighted by molar-refractivity contribution is -0.162. The van der Waals surface area contributed by atoms with Crippen LogP contribution in [0.15, 0.2) is 24.3 Å². The summed E-state index contributed by atoms with van der Waals surface area (Å²) in [5, 5.41) is 3.37. The molecule has 7 atom stereocenters. The maximum absolute atomic E-state index is 12.9. The first-order valence-electron chi connectivity index (χ1n) is 14.7. The molecule has 1 saturated heterocycles. The molecule has 4 aliphatic rings. The van der Waals surface area contributed by atoms with Crippen molar-refractivity contribution in [2.24, 2.45) is 29.1 Å². The molecule has 0 aromatic heterocycles. The molecule has 0 radical (unpaired) electrons. The number of halogens is 2. The van der Waals surface area contributed by atoms with E-state index in [1.165, 1.54) is 19.3 Å². The third kappa shape index (κ3) is 5.57. The number of benzene rings is 1. The fraction of sp³-hybridized carbons (Fsp3) is 0.742. The summed E-state index contributed by atoms with van der Waals surface area (Å²) in [5.41, 5.74) is 2.35. The van der Waals surface area contributed by atoms with Crippen LogP contribution in [0, 0.1) is 29.1 Å². The summed E-state index contributed by atoms with van der Waals surface area (Å²) in [6.45, 7) is 6.31. The zero-order valence-electron chi connectivity index (χ0n) is 23.0. The van der Waals surface area contributed by atoms with Crippen LogP contribution in [0.2, 0.25) is 0 Å². The van der Waals surface area contributed by atoms with Crippen molar-refractivity contribution in [1.82, 2.24) is 5.32 Å². The highest BCUT2D eigenvalue weighted by atomic mass is 35.5. The van der Waals surface area contributed by atoms with Crippen molar-refractivity contribution in [1.29, 1.82) is 0 Å². The number of esters is 1. The fourth-order valence-corrected chi connectivity index (χ4v) is 9.20. The van der Waals surface area contributed by atoms with Crippen molar-refractivity contribution >= 4 is 40.8 Å². The second kappa shape index (κ2) is 11.6. The van der Waals surface area contributed by atoms with E-state index in [9.17, 15) is 9.59 Å². The van der Waals surface area contributed by atoms with E-state index in [2.05, 4.69) is 24.1 Å². The van der Waals surface area contributed by atoms with E-state index < -0.39 is 0 Å². The normalized spacial score (nSPS) is 36.3. The van der Waals surface area contributed by atoms with E-state index in [0.29, 0.717) is 47.8 Å². The van der Waals surface area contributed by atoms with E-state index in [4.69, 9.17) is 27.9 Å². The van der Waals surface area contributed by atoms with Crippen LogP contribution >= 0.6 is 23.2 Å². The molecule has 3 saturated carbocycles. The van der Waals surface area contributed by atoms with Crippen LogP contribution in [-0.4, -0.2) is 48.4 Å². The maximum atomic E-state index is 12.9. The molecule has 1 heterocycles. The lowest BCUT2D eigenvalue weighted by atomic mass is 9.45. The van der Waals surface area contributed by atoms with Crippen LogP contribution < -0.4 is 10.2 Å². The smallest absolute Gasteiger partial charge is 0.310 e. The van der Waals surface area contributed by atoms with Crippen LogP contribution in [0.4, 0.5) is 5.69 Å². The third-order valence-corrected chi connectivity index (χ3v) is 11.1. The van der Waals surface area contributed by atoms with Gasteiger partial charge in [-0.2, -0.15) is 0 Å². The van der Waals surface area contributed by atoms with E-state index >= 15 is 0 Å². The Morgan fingerprint density at radius 1 is 1.00 bits per heavy atom. The SMILES string of the molecule is C[C@@]12CC[C@@H](OC(=O)Cc3ccc(N(CCCl)CCCl)cc3)C[C@@H]1CC[C@H]1[C@H]3CCC(=O)N[C@]3(C)CC[C@@H]12. The molecule has 0 unspecified atom stereocenters. The molecule has 5 rings (SSSR count). The van der Waals surface area contributed by atoms with Crippen LogP contribution in [0.25, 0.3) is 0 Å². The number of fused-ring (bicyclic) bond motifs is 5. The number of ether oxygens (including phenoxy) is 1. The number of hydrogen-bond donors (Lipinski definition) is 1. The Kier molecular flexibility index (Phi) is 8.55. The quantitative estimate of drug-likeness (QED) is 0.297. The summed E-state index contributed by atoms with van der Waals surface area (Å²) >= 11 is 11.9. The van der Waals surface area contributed by atoms with Crippen LogP contribution in [-0.2, 0) is 20.7 Å². The Morgan fingerprint density at radius 2 is 1.74 bits per heavy atom. The Labute approximate surface area is 238 Å². The molecule has 0 spiro atoms. The minimum Gasteiger partial charge on any atom is -0.462 e. The molecule has 3 aliphatic carbocycles. The fourth-order valence-electron chi connectivity index (χ4n) is 8.79. The number of rotatable bonds is 8. The van der Waals surface area contributed by atoms with Gasteiger partial charge in [0.25, 0.3) is 0 Å². The number of carbonyl (C=O) groups excluding carboxylic acids is 2. The summed E-state index contributed by atoms with van der Waals surface area (Å²) in [5.74, 6) is 3.87. The highest BCUT2D eigenvalue weighted by Gasteiger charge is 2.58. The van der Waals surface area contributed by atoms with Gasteiger partial charge in [0, 0.05) is 42.5 Å². The van der Waals surface area contributed by atoms with Gasteiger partial charge in [-0.15, -0.1) is 23.2 Å². The van der Waals surface area contributed by atoms with E-state index in [0.717, 1.165) is 62.4 Å². The van der Waals surface area contributed by atoms with Gasteiger partial charge >= 0.3 is 5.97 Å². The van der Waals surface area contributed by atoms with Crippen molar-refractivity contribution in [3.63, 3.8) is 0 Å². The molecule has 1 amide bonds. The van der Waals surface area contributed by atoms with Gasteiger partial charge in [0.1, 0.15) is 6.10 Å². The molecule has 1 aromatic carbocycles.